The molecule has 28 heavy (non-hydrogen) atoms. The summed E-state index contributed by atoms with van der Waals surface area (Å²) in [5, 5.41) is 6.97. The van der Waals surface area contributed by atoms with Gasteiger partial charge >= 0.3 is 5.97 Å². The predicted molar refractivity (Wildman–Crippen MR) is 105 cm³/mol. The summed E-state index contributed by atoms with van der Waals surface area (Å²) in [5.74, 6) is 0.193. The largest absolute Gasteiger partial charge is 0.494 e. The molecule has 0 spiro atoms. The van der Waals surface area contributed by atoms with Gasteiger partial charge in [-0.05, 0) is 39.8 Å². The van der Waals surface area contributed by atoms with Crippen LogP contribution in [0.5, 0.6) is 11.5 Å². The minimum Gasteiger partial charge on any atom is -0.494 e. The Labute approximate surface area is 164 Å². The van der Waals surface area contributed by atoms with Gasteiger partial charge in [-0.25, -0.2) is 0 Å². The van der Waals surface area contributed by atoms with E-state index in [2.05, 4.69) is 10.4 Å². The summed E-state index contributed by atoms with van der Waals surface area (Å²) in [6.45, 7) is 8.02. The summed E-state index contributed by atoms with van der Waals surface area (Å²) in [4.78, 5) is 24.3. The van der Waals surface area contributed by atoms with E-state index in [0.29, 0.717) is 30.4 Å². The van der Waals surface area contributed by atoms with Crippen molar-refractivity contribution >= 4 is 17.6 Å². The van der Waals surface area contributed by atoms with Crippen molar-refractivity contribution in [1.82, 2.24) is 9.78 Å². The minimum absolute atomic E-state index is 0.0722. The zero-order valence-electron chi connectivity index (χ0n) is 17.0. The molecule has 2 rings (SSSR count). The standard InChI is InChI=1S/C20H27N3O5/c1-6-26-15-8-9-18(27-7-2)17(10-15)21-19(24)12-28-20(25)11-16-13(3)22-23(5)14(16)4/h8-10H,6-7,11-12H2,1-5H3,(H,21,24). The second-order valence-corrected chi connectivity index (χ2v) is 6.18. The summed E-state index contributed by atoms with van der Waals surface area (Å²) >= 11 is 0. The molecule has 0 unspecified atom stereocenters. The van der Waals surface area contributed by atoms with Gasteiger partial charge in [0, 0.05) is 24.4 Å². The molecule has 8 heteroatoms. The molecule has 2 aromatic rings. The van der Waals surface area contributed by atoms with Gasteiger partial charge in [0.2, 0.25) is 0 Å². The van der Waals surface area contributed by atoms with Crippen LogP contribution in [0, 0.1) is 13.8 Å². The molecule has 0 saturated heterocycles. The molecule has 1 aromatic carbocycles. The van der Waals surface area contributed by atoms with Crippen LogP contribution < -0.4 is 14.8 Å². The number of benzene rings is 1. The number of anilines is 1. The molecule has 1 N–H and O–H groups in total. The van der Waals surface area contributed by atoms with Crippen LogP contribution in [0.4, 0.5) is 5.69 Å². The van der Waals surface area contributed by atoms with Gasteiger partial charge in [0.05, 0.1) is 31.0 Å². The Morgan fingerprint density at radius 2 is 1.86 bits per heavy atom. The van der Waals surface area contributed by atoms with Gasteiger partial charge in [0.15, 0.2) is 6.61 Å². The average Bonchev–Trinajstić information content (AvgIpc) is 2.88. The lowest BCUT2D eigenvalue weighted by atomic mass is 10.1. The number of carbonyl (C=O) groups is 2. The number of nitrogens with one attached hydrogen (secondary N) is 1. The molecule has 0 aliphatic heterocycles. The lowest BCUT2D eigenvalue weighted by Crippen LogP contribution is -2.22. The molecule has 0 radical (unpaired) electrons. The van der Waals surface area contributed by atoms with E-state index in [4.69, 9.17) is 14.2 Å². The van der Waals surface area contributed by atoms with Gasteiger partial charge in [-0.15, -0.1) is 0 Å². The number of aromatic nitrogens is 2. The highest BCUT2D eigenvalue weighted by atomic mass is 16.5. The Hall–Kier alpha value is -3.03. The summed E-state index contributed by atoms with van der Waals surface area (Å²) in [6, 6.07) is 5.17. The van der Waals surface area contributed by atoms with Crippen LogP contribution in [0.15, 0.2) is 18.2 Å². The lowest BCUT2D eigenvalue weighted by Gasteiger charge is -2.13. The number of esters is 1. The maximum absolute atomic E-state index is 12.2. The molecule has 1 amide bonds. The highest BCUT2D eigenvalue weighted by molar-refractivity contribution is 5.94. The highest BCUT2D eigenvalue weighted by Gasteiger charge is 2.16. The third-order valence-electron chi connectivity index (χ3n) is 4.18. The number of hydrogen-bond donors (Lipinski definition) is 1. The fraction of sp³-hybridized carbons (Fsp3) is 0.450. The fourth-order valence-electron chi connectivity index (χ4n) is 2.75. The Balaban J connectivity index is 1.96. The summed E-state index contributed by atoms with van der Waals surface area (Å²) < 4.78 is 17.8. The number of nitrogens with zero attached hydrogens (tertiary/aromatic N) is 2. The normalized spacial score (nSPS) is 10.5. The molecule has 0 saturated carbocycles. The number of rotatable bonds is 9. The van der Waals surface area contributed by atoms with E-state index in [1.54, 1.807) is 22.9 Å². The van der Waals surface area contributed by atoms with Crippen LogP contribution in [0.1, 0.15) is 30.8 Å². The van der Waals surface area contributed by atoms with Crippen molar-refractivity contribution in [2.24, 2.45) is 7.05 Å². The van der Waals surface area contributed by atoms with E-state index in [-0.39, 0.29) is 13.0 Å². The molecule has 8 nitrogen and oxygen atoms in total. The van der Waals surface area contributed by atoms with Gasteiger partial charge < -0.3 is 19.5 Å². The maximum atomic E-state index is 12.2. The van der Waals surface area contributed by atoms with Crippen molar-refractivity contribution in [1.29, 1.82) is 0 Å². The smallest absolute Gasteiger partial charge is 0.310 e. The van der Waals surface area contributed by atoms with Crippen molar-refractivity contribution < 1.29 is 23.8 Å². The van der Waals surface area contributed by atoms with Crippen LogP contribution in [-0.2, 0) is 27.8 Å². The Bertz CT molecular complexity index is 845. The Morgan fingerprint density at radius 1 is 1.14 bits per heavy atom. The van der Waals surface area contributed by atoms with E-state index in [1.165, 1.54) is 0 Å². The number of amides is 1. The van der Waals surface area contributed by atoms with Gasteiger partial charge in [0.1, 0.15) is 11.5 Å². The first kappa shape index (κ1) is 21.3. The quantitative estimate of drug-likeness (QED) is 0.663. The van der Waals surface area contributed by atoms with Gasteiger partial charge in [-0.1, -0.05) is 0 Å². The predicted octanol–water partition coefficient (Wildman–Crippen LogP) is 2.56. The molecule has 152 valence electrons. The summed E-state index contributed by atoms with van der Waals surface area (Å²) in [5.41, 5.74) is 2.95. The van der Waals surface area contributed by atoms with Crippen LogP contribution in [0.25, 0.3) is 0 Å². The second kappa shape index (κ2) is 9.77. The SMILES string of the molecule is CCOc1ccc(OCC)c(NC(=O)COC(=O)Cc2c(C)nn(C)c2C)c1. The molecule has 0 aliphatic rings. The van der Waals surface area contributed by atoms with E-state index >= 15 is 0 Å². The van der Waals surface area contributed by atoms with Gasteiger partial charge in [0.25, 0.3) is 5.91 Å². The second-order valence-electron chi connectivity index (χ2n) is 6.18. The van der Waals surface area contributed by atoms with Gasteiger partial charge in [-0.3, -0.25) is 14.3 Å². The number of hydrogen-bond acceptors (Lipinski definition) is 6. The molecular formula is C20H27N3O5. The third-order valence-corrected chi connectivity index (χ3v) is 4.18. The molecule has 1 aromatic heterocycles. The molecular weight excluding hydrogens is 362 g/mol. The zero-order valence-corrected chi connectivity index (χ0v) is 17.0. The van der Waals surface area contributed by atoms with Crippen LogP contribution in [-0.4, -0.2) is 41.5 Å². The van der Waals surface area contributed by atoms with E-state index < -0.39 is 11.9 Å². The maximum Gasteiger partial charge on any atom is 0.310 e. The average molecular weight is 389 g/mol. The number of ether oxygens (including phenoxy) is 3. The molecule has 0 fully saturated rings. The number of aryl methyl sites for hydroxylation is 2. The lowest BCUT2D eigenvalue weighted by molar-refractivity contribution is -0.146. The molecule has 0 bridgehead atoms. The Morgan fingerprint density at radius 3 is 2.46 bits per heavy atom. The minimum atomic E-state index is -0.484. The molecule has 0 atom stereocenters. The first-order valence-corrected chi connectivity index (χ1v) is 9.19. The van der Waals surface area contributed by atoms with Crippen molar-refractivity contribution in [3.05, 3.63) is 35.2 Å². The topological polar surface area (TPSA) is 91.7 Å². The molecule has 0 aliphatic carbocycles. The van der Waals surface area contributed by atoms with Crippen molar-refractivity contribution in [2.45, 2.75) is 34.1 Å². The van der Waals surface area contributed by atoms with E-state index in [9.17, 15) is 9.59 Å². The Kier molecular flexibility index (Phi) is 7.43. The van der Waals surface area contributed by atoms with E-state index in [0.717, 1.165) is 17.0 Å². The fourth-order valence-corrected chi connectivity index (χ4v) is 2.75. The molecule has 1 heterocycles. The van der Waals surface area contributed by atoms with Crippen molar-refractivity contribution in [3.8, 4) is 11.5 Å². The summed E-state index contributed by atoms with van der Waals surface area (Å²) in [6.07, 6.45) is 0.0722. The summed E-state index contributed by atoms with van der Waals surface area (Å²) in [7, 11) is 1.82. The third kappa shape index (κ3) is 5.48. The van der Waals surface area contributed by atoms with Crippen LogP contribution >= 0.6 is 0 Å². The first-order chi connectivity index (χ1) is 13.3. The number of carbonyl (C=O) groups excluding carboxylic acids is 2. The van der Waals surface area contributed by atoms with Crippen molar-refractivity contribution in [2.75, 3.05) is 25.1 Å². The monoisotopic (exact) mass is 389 g/mol. The first-order valence-electron chi connectivity index (χ1n) is 9.19. The van der Waals surface area contributed by atoms with Gasteiger partial charge in [-0.2, -0.15) is 5.10 Å². The van der Waals surface area contributed by atoms with Crippen LogP contribution in [0.2, 0.25) is 0 Å². The zero-order chi connectivity index (χ0) is 20.7. The van der Waals surface area contributed by atoms with E-state index in [1.807, 2.05) is 34.7 Å². The van der Waals surface area contributed by atoms with Crippen LogP contribution in [0.3, 0.4) is 0 Å². The van der Waals surface area contributed by atoms with Crippen molar-refractivity contribution in [3.63, 3.8) is 0 Å². The highest BCUT2D eigenvalue weighted by Crippen LogP contribution is 2.29.